The van der Waals surface area contributed by atoms with E-state index >= 15 is 0 Å². The van der Waals surface area contributed by atoms with Gasteiger partial charge in [-0.3, -0.25) is 9.69 Å². The van der Waals surface area contributed by atoms with E-state index in [9.17, 15) is 9.59 Å². The summed E-state index contributed by atoms with van der Waals surface area (Å²) in [6.07, 6.45) is 0. The van der Waals surface area contributed by atoms with Crippen LogP contribution in [0, 0.1) is 6.92 Å². The Bertz CT molecular complexity index is 746. The van der Waals surface area contributed by atoms with Crippen LogP contribution in [0.2, 0.25) is 0 Å². The molecule has 1 atom stereocenters. The van der Waals surface area contributed by atoms with Crippen LogP contribution in [0.3, 0.4) is 0 Å². The Morgan fingerprint density at radius 3 is 2.87 bits per heavy atom. The summed E-state index contributed by atoms with van der Waals surface area (Å²) >= 11 is 1.23. The fourth-order valence-electron chi connectivity index (χ4n) is 2.31. The molecule has 8 nitrogen and oxygen atoms in total. The molecule has 1 N–H and O–H groups in total. The number of urea groups is 1. The molecule has 1 aromatic heterocycles. The summed E-state index contributed by atoms with van der Waals surface area (Å²) in [5.74, 6) is -0.246. The standard InChI is InChI=1S/C14H16N6O2S/c1-9-5-3-4-6-11(9)20-14(16-17-18-20)23-10(2)12(21)19-8-7-15-13(19)22/h3-6,10H,7-8H2,1-2H3,(H,15,22)/t10-/m0/s1. The van der Waals surface area contributed by atoms with Crippen LogP contribution < -0.4 is 5.32 Å². The number of nitrogens with zero attached hydrogens (tertiary/aromatic N) is 5. The quantitative estimate of drug-likeness (QED) is 0.840. The number of carbonyl (C=O) groups is 2. The van der Waals surface area contributed by atoms with Gasteiger partial charge in [-0.2, -0.15) is 4.68 Å². The molecular weight excluding hydrogens is 316 g/mol. The van der Waals surface area contributed by atoms with E-state index in [1.54, 1.807) is 11.6 Å². The fourth-order valence-corrected chi connectivity index (χ4v) is 3.18. The summed E-state index contributed by atoms with van der Waals surface area (Å²) in [5, 5.41) is 14.4. The molecule has 120 valence electrons. The Kier molecular flexibility index (Phi) is 4.28. The number of para-hydroxylation sites is 1. The number of aryl methyl sites for hydroxylation is 1. The van der Waals surface area contributed by atoms with Crippen molar-refractivity contribution >= 4 is 23.7 Å². The number of aromatic nitrogens is 4. The number of imide groups is 1. The normalized spacial score (nSPS) is 15.6. The second-order valence-corrected chi connectivity index (χ2v) is 6.45. The third-order valence-electron chi connectivity index (χ3n) is 3.54. The van der Waals surface area contributed by atoms with Crippen molar-refractivity contribution in [3.63, 3.8) is 0 Å². The Labute approximate surface area is 137 Å². The van der Waals surface area contributed by atoms with Crippen molar-refractivity contribution in [1.82, 2.24) is 30.4 Å². The number of hydrogen-bond donors (Lipinski definition) is 1. The van der Waals surface area contributed by atoms with E-state index in [1.165, 1.54) is 16.7 Å². The SMILES string of the molecule is Cc1ccccc1-n1nnnc1S[C@@H](C)C(=O)N1CCNC1=O. The lowest BCUT2D eigenvalue weighted by Gasteiger charge is -2.17. The van der Waals surface area contributed by atoms with Gasteiger partial charge in [-0.25, -0.2) is 4.79 Å². The first kappa shape index (κ1) is 15.5. The third kappa shape index (κ3) is 3.04. The van der Waals surface area contributed by atoms with E-state index in [4.69, 9.17) is 0 Å². The topological polar surface area (TPSA) is 93.0 Å². The van der Waals surface area contributed by atoms with Crippen LogP contribution in [0.5, 0.6) is 0 Å². The molecular formula is C14H16N6O2S. The van der Waals surface area contributed by atoms with Gasteiger partial charge in [0.2, 0.25) is 11.1 Å². The fraction of sp³-hybridized carbons (Fsp3) is 0.357. The van der Waals surface area contributed by atoms with Crippen molar-refractivity contribution in [2.24, 2.45) is 0 Å². The molecule has 1 aliphatic rings. The molecule has 0 unspecified atom stereocenters. The lowest BCUT2D eigenvalue weighted by atomic mass is 10.2. The summed E-state index contributed by atoms with van der Waals surface area (Å²) < 4.78 is 1.60. The highest BCUT2D eigenvalue weighted by atomic mass is 32.2. The molecule has 2 heterocycles. The predicted octanol–water partition coefficient (Wildman–Crippen LogP) is 1.00. The molecule has 1 saturated heterocycles. The minimum absolute atomic E-state index is 0.246. The Morgan fingerprint density at radius 2 is 2.17 bits per heavy atom. The first-order valence-corrected chi connectivity index (χ1v) is 8.06. The molecule has 9 heteroatoms. The first-order chi connectivity index (χ1) is 11.1. The van der Waals surface area contributed by atoms with Gasteiger partial charge in [-0.15, -0.1) is 5.10 Å². The zero-order valence-corrected chi connectivity index (χ0v) is 13.6. The molecule has 1 fully saturated rings. The molecule has 0 bridgehead atoms. The zero-order valence-electron chi connectivity index (χ0n) is 12.8. The molecule has 1 aromatic carbocycles. The van der Waals surface area contributed by atoms with Gasteiger partial charge < -0.3 is 5.32 Å². The summed E-state index contributed by atoms with van der Waals surface area (Å²) in [5.41, 5.74) is 1.89. The van der Waals surface area contributed by atoms with Gasteiger partial charge in [0.1, 0.15) is 0 Å². The highest BCUT2D eigenvalue weighted by Gasteiger charge is 2.31. The van der Waals surface area contributed by atoms with Crippen molar-refractivity contribution < 1.29 is 9.59 Å². The number of carbonyl (C=O) groups excluding carboxylic acids is 2. The largest absolute Gasteiger partial charge is 0.336 e. The predicted molar refractivity (Wildman–Crippen MR) is 84.3 cm³/mol. The van der Waals surface area contributed by atoms with Crippen molar-refractivity contribution in [2.75, 3.05) is 13.1 Å². The maximum atomic E-state index is 12.4. The summed E-state index contributed by atoms with van der Waals surface area (Å²) in [6, 6.07) is 7.38. The Morgan fingerprint density at radius 1 is 1.39 bits per heavy atom. The average molecular weight is 332 g/mol. The molecule has 0 spiro atoms. The number of amides is 3. The van der Waals surface area contributed by atoms with Gasteiger partial charge in [0.05, 0.1) is 10.9 Å². The van der Waals surface area contributed by atoms with E-state index in [0.29, 0.717) is 18.2 Å². The van der Waals surface area contributed by atoms with Crippen LogP contribution in [-0.4, -0.2) is 55.4 Å². The van der Waals surface area contributed by atoms with Crippen LogP contribution in [0.15, 0.2) is 29.4 Å². The lowest BCUT2D eigenvalue weighted by Crippen LogP contribution is -2.39. The summed E-state index contributed by atoms with van der Waals surface area (Å²) in [7, 11) is 0. The van der Waals surface area contributed by atoms with Crippen LogP contribution in [0.1, 0.15) is 12.5 Å². The van der Waals surface area contributed by atoms with E-state index in [1.807, 2.05) is 31.2 Å². The molecule has 3 rings (SSSR count). The monoisotopic (exact) mass is 332 g/mol. The van der Waals surface area contributed by atoms with Crippen LogP contribution in [-0.2, 0) is 4.79 Å². The van der Waals surface area contributed by atoms with Gasteiger partial charge >= 0.3 is 6.03 Å². The summed E-state index contributed by atoms with van der Waals surface area (Å²) in [4.78, 5) is 25.2. The minimum atomic E-state index is -0.465. The number of thioether (sulfide) groups is 1. The van der Waals surface area contributed by atoms with E-state index in [2.05, 4.69) is 20.8 Å². The van der Waals surface area contributed by atoms with E-state index in [-0.39, 0.29) is 11.9 Å². The maximum absolute atomic E-state index is 12.4. The van der Waals surface area contributed by atoms with Crippen LogP contribution in [0.25, 0.3) is 5.69 Å². The number of tetrazole rings is 1. The first-order valence-electron chi connectivity index (χ1n) is 7.18. The number of rotatable bonds is 4. The smallest absolute Gasteiger partial charge is 0.324 e. The average Bonchev–Trinajstić information content (AvgIpc) is 3.16. The summed E-state index contributed by atoms with van der Waals surface area (Å²) in [6.45, 7) is 4.60. The lowest BCUT2D eigenvalue weighted by molar-refractivity contribution is -0.126. The van der Waals surface area contributed by atoms with Gasteiger partial charge in [0, 0.05) is 13.1 Å². The number of benzene rings is 1. The van der Waals surface area contributed by atoms with Gasteiger partial charge in [0.15, 0.2) is 0 Å². The number of nitrogens with one attached hydrogen (secondary N) is 1. The second kappa shape index (κ2) is 6.37. The number of hydrogen-bond acceptors (Lipinski definition) is 6. The van der Waals surface area contributed by atoms with Crippen LogP contribution in [0.4, 0.5) is 4.79 Å². The highest BCUT2D eigenvalue weighted by Crippen LogP contribution is 2.25. The third-order valence-corrected chi connectivity index (χ3v) is 4.56. The van der Waals surface area contributed by atoms with Crippen molar-refractivity contribution in [1.29, 1.82) is 0 Å². The molecule has 0 radical (unpaired) electrons. The minimum Gasteiger partial charge on any atom is -0.336 e. The molecule has 0 saturated carbocycles. The van der Waals surface area contributed by atoms with Crippen molar-refractivity contribution in [3.8, 4) is 5.69 Å². The Balaban J connectivity index is 1.79. The van der Waals surface area contributed by atoms with E-state index < -0.39 is 5.25 Å². The second-order valence-electron chi connectivity index (χ2n) is 5.14. The van der Waals surface area contributed by atoms with Crippen LogP contribution >= 0.6 is 11.8 Å². The zero-order chi connectivity index (χ0) is 16.4. The van der Waals surface area contributed by atoms with E-state index in [0.717, 1.165) is 11.3 Å². The molecule has 2 aromatic rings. The van der Waals surface area contributed by atoms with Gasteiger partial charge in [-0.05, 0) is 35.9 Å². The molecule has 0 aliphatic carbocycles. The van der Waals surface area contributed by atoms with Crippen molar-refractivity contribution in [3.05, 3.63) is 29.8 Å². The Hall–Kier alpha value is -2.42. The molecule has 23 heavy (non-hydrogen) atoms. The molecule has 3 amide bonds. The maximum Gasteiger partial charge on any atom is 0.324 e. The van der Waals surface area contributed by atoms with Gasteiger partial charge in [-0.1, -0.05) is 30.0 Å². The molecule has 1 aliphatic heterocycles. The van der Waals surface area contributed by atoms with Gasteiger partial charge in [0.25, 0.3) is 0 Å². The highest BCUT2D eigenvalue weighted by molar-refractivity contribution is 8.00. The van der Waals surface area contributed by atoms with Crippen molar-refractivity contribution in [2.45, 2.75) is 24.3 Å².